The first-order chi connectivity index (χ1) is 9.58. The minimum Gasteiger partial charge on any atom is -0.493 e. The Labute approximate surface area is 129 Å². The van der Waals surface area contributed by atoms with Crippen molar-refractivity contribution in [1.82, 2.24) is 9.78 Å². The number of thioether (sulfide) groups is 2. The second kappa shape index (κ2) is 7.09. The molecule has 1 aromatic rings. The zero-order valence-electron chi connectivity index (χ0n) is 12.6. The molecule has 2 rings (SSSR count). The predicted octanol–water partition coefficient (Wildman–Crippen LogP) is 2.96. The lowest BCUT2D eigenvalue weighted by atomic mass is 10.2. The van der Waals surface area contributed by atoms with Crippen molar-refractivity contribution in [2.45, 2.75) is 55.6 Å². The van der Waals surface area contributed by atoms with E-state index in [0.717, 1.165) is 24.4 Å². The van der Waals surface area contributed by atoms with Gasteiger partial charge in [-0.05, 0) is 6.42 Å². The van der Waals surface area contributed by atoms with Crippen LogP contribution in [0.3, 0.4) is 0 Å². The van der Waals surface area contributed by atoms with Crippen molar-refractivity contribution in [2.75, 3.05) is 12.9 Å². The van der Waals surface area contributed by atoms with Crippen molar-refractivity contribution in [3.63, 3.8) is 0 Å². The smallest absolute Gasteiger partial charge is 0.162 e. The highest BCUT2D eigenvalue weighted by molar-refractivity contribution is 8.07. The maximum atomic E-state index is 10.8. The molecule has 6 heteroatoms. The summed E-state index contributed by atoms with van der Waals surface area (Å²) in [7, 11) is 1.64. The van der Waals surface area contributed by atoms with Crippen LogP contribution in [0.15, 0.2) is 6.20 Å². The summed E-state index contributed by atoms with van der Waals surface area (Å²) in [5, 5.41) is 16.5. The third-order valence-electron chi connectivity index (χ3n) is 3.71. The van der Waals surface area contributed by atoms with Crippen molar-refractivity contribution in [3.05, 3.63) is 11.9 Å². The van der Waals surface area contributed by atoms with Gasteiger partial charge in [-0.1, -0.05) is 20.8 Å². The number of rotatable bonds is 5. The number of ether oxygens (including phenoxy) is 1. The summed E-state index contributed by atoms with van der Waals surface area (Å²) in [4.78, 5) is 0. The lowest BCUT2D eigenvalue weighted by Crippen LogP contribution is -2.31. The second-order valence-corrected chi connectivity index (χ2v) is 8.22. The first-order valence-electron chi connectivity index (χ1n) is 7.13. The van der Waals surface area contributed by atoms with Crippen LogP contribution in [0.2, 0.25) is 0 Å². The molecule has 0 bridgehead atoms. The summed E-state index contributed by atoms with van der Waals surface area (Å²) in [5.74, 6) is 1.67. The van der Waals surface area contributed by atoms with Gasteiger partial charge in [-0.3, -0.25) is 4.68 Å². The Morgan fingerprint density at radius 3 is 2.85 bits per heavy atom. The van der Waals surface area contributed by atoms with Gasteiger partial charge in [-0.25, -0.2) is 0 Å². The summed E-state index contributed by atoms with van der Waals surface area (Å²) < 4.78 is 7.26. The Bertz CT molecular complexity index is 439. The second-order valence-electron chi connectivity index (χ2n) is 5.18. The van der Waals surface area contributed by atoms with Crippen LogP contribution in [0.25, 0.3) is 0 Å². The molecule has 0 saturated carbocycles. The lowest BCUT2D eigenvalue weighted by Gasteiger charge is -2.34. The van der Waals surface area contributed by atoms with E-state index in [1.807, 2.05) is 28.2 Å². The van der Waals surface area contributed by atoms with Gasteiger partial charge in [-0.15, -0.1) is 0 Å². The highest BCUT2D eigenvalue weighted by atomic mass is 32.2. The summed E-state index contributed by atoms with van der Waals surface area (Å²) in [5.41, 5.74) is 0.828. The molecule has 1 aromatic heterocycles. The van der Waals surface area contributed by atoms with Crippen LogP contribution in [-0.2, 0) is 6.54 Å². The van der Waals surface area contributed by atoms with E-state index in [0.29, 0.717) is 16.2 Å². The van der Waals surface area contributed by atoms with E-state index in [-0.39, 0.29) is 5.25 Å². The molecule has 0 aliphatic carbocycles. The number of aliphatic hydroxyl groups excluding tert-OH is 1. The van der Waals surface area contributed by atoms with Crippen LogP contribution in [0.4, 0.5) is 0 Å². The molecule has 1 aliphatic rings. The van der Waals surface area contributed by atoms with Crippen molar-refractivity contribution in [3.8, 4) is 5.75 Å². The van der Waals surface area contributed by atoms with E-state index in [1.165, 1.54) is 0 Å². The van der Waals surface area contributed by atoms with Crippen LogP contribution in [0.1, 0.15) is 39.0 Å². The van der Waals surface area contributed by atoms with Crippen LogP contribution in [0.5, 0.6) is 5.75 Å². The van der Waals surface area contributed by atoms with Crippen molar-refractivity contribution in [1.29, 1.82) is 0 Å². The Morgan fingerprint density at radius 1 is 1.50 bits per heavy atom. The van der Waals surface area contributed by atoms with Gasteiger partial charge in [0.2, 0.25) is 0 Å². The molecular weight excluding hydrogens is 292 g/mol. The number of aromatic nitrogens is 2. The van der Waals surface area contributed by atoms with Gasteiger partial charge in [0, 0.05) is 28.0 Å². The molecule has 0 aromatic carbocycles. The van der Waals surface area contributed by atoms with Gasteiger partial charge in [0.25, 0.3) is 0 Å². The Kier molecular flexibility index (Phi) is 5.69. The molecule has 0 radical (unpaired) electrons. The van der Waals surface area contributed by atoms with Gasteiger partial charge in [0.05, 0.1) is 13.3 Å². The van der Waals surface area contributed by atoms with Crippen molar-refractivity contribution >= 4 is 23.5 Å². The fourth-order valence-electron chi connectivity index (χ4n) is 2.37. The average Bonchev–Trinajstić information content (AvgIpc) is 2.84. The zero-order valence-corrected chi connectivity index (χ0v) is 14.2. The van der Waals surface area contributed by atoms with Crippen LogP contribution in [-0.4, -0.2) is 43.5 Å². The van der Waals surface area contributed by atoms with Crippen molar-refractivity contribution < 1.29 is 9.84 Å². The maximum absolute atomic E-state index is 10.8. The molecule has 1 fully saturated rings. The van der Waals surface area contributed by atoms with E-state index < -0.39 is 6.10 Å². The summed E-state index contributed by atoms with van der Waals surface area (Å²) in [6.45, 7) is 7.42. The molecule has 114 valence electrons. The average molecular weight is 316 g/mol. The molecule has 0 amide bonds. The van der Waals surface area contributed by atoms with Gasteiger partial charge in [0.1, 0.15) is 11.8 Å². The van der Waals surface area contributed by atoms with Crippen molar-refractivity contribution in [2.24, 2.45) is 0 Å². The Morgan fingerprint density at radius 2 is 2.25 bits per heavy atom. The Balaban J connectivity index is 2.19. The standard InChI is InChI=1S/C14H24N2O2S2/c1-5-6-16-13(11(18-4)7-15-16)14(17)12-8-19-9(2)10(3)20-12/h7,9-10,12,14,17H,5-6,8H2,1-4H3. The Hall–Kier alpha value is -0.330. The molecule has 4 nitrogen and oxygen atoms in total. The number of methoxy groups -OCH3 is 1. The molecule has 1 saturated heterocycles. The van der Waals surface area contributed by atoms with Gasteiger partial charge >= 0.3 is 0 Å². The normalized spacial score (nSPS) is 28.4. The van der Waals surface area contributed by atoms with E-state index in [9.17, 15) is 5.11 Å². The zero-order chi connectivity index (χ0) is 14.7. The minimum absolute atomic E-state index is 0.201. The monoisotopic (exact) mass is 316 g/mol. The van der Waals surface area contributed by atoms with E-state index in [4.69, 9.17) is 4.74 Å². The molecule has 0 spiro atoms. The van der Waals surface area contributed by atoms with Crippen LogP contribution >= 0.6 is 23.5 Å². The number of aliphatic hydroxyl groups is 1. The quantitative estimate of drug-likeness (QED) is 0.905. The van der Waals surface area contributed by atoms with E-state index in [2.05, 4.69) is 25.9 Å². The number of hydrogen-bond acceptors (Lipinski definition) is 5. The maximum Gasteiger partial charge on any atom is 0.162 e. The van der Waals surface area contributed by atoms with Gasteiger partial charge in [-0.2, -0.15) is 28.6 Å². The van der Waals surface area contributed by atoms with E-state index >= 15 is 0 Å². The third kappa shape index (κ3) is 3.28. The molecular formula is C14H24N2O2S2. The molecule has 4 atom stereocenters. The SMILES string of the molecule is CCCn1ncc(OC)c1C(O)C1CSC(C)C(C)S1. The molecule has 4 unspecified atom stereocenters. The molecule has 1 aliphatic heterocycles. The number of hydrogen-bond donors (Lipinski definition) is 1. The third-order valence-corrected chi connectivity index (χ3v) is 7.19. The number of aryl methyl sites for hydroxylation is 1. The number of nitrogens with zero attached hydrogens (tertiary/aromatic N) is 2. The summed E-state index contributed by atoms with van der Waals surface area (Å²) >= 11 is 3.82. The molecule has 20 heavy (non-hydrogen) atoms. The minimum atomic E-state index is -0.522. The van der Waals surface area contributed by atoms with Crippen LogP contribution < -0.4 is 4.74 Å². The molecule has 1 N–H and O–H groups in total. The largest absolute Gasteiger partial charge is 0.493 e. The van der Waals surface area contributed by atoms with Crippen LogP contribution in [0, 0.1) is 0 Å². The summed E-state index contributed by atoms with van der Waals surface area (Å²) in [6, 6.07) is 0. The summed E-state index contributed by atoms with van der Waals surface area (Å²) in [6.07, 6.45) is 2.18. The highest BCUT2D eigenvalue weighted by Crippen LogP contribution is 2.42. The topological polar surface area (TPSA) is 47.3 Å². The fourth-order valence-corrected chi connectivity index (χ4v) is 5.35. The lowest BCUT2D eigenvalue weighted by molar-refractivity contribution is 0.164. The fraction of sp³-hybridized carbons (Fsp3) is 0.786. The first-order valence-corrected chi connectivity index (χ1v) is 9.12. The molecule has 2 heterocycles. The highest BCUT2D eigenvalue weighted by Gasteiger charge is 2.34. The van der Waals surface area contributed by atoms with Gasteiger partial charge in [0.15, 0.2) is 5.75 Å². The first kappa shape index (κ1) is 16.0. The van der Waals surface area contributed by atoms with Gasteiger partial charge < -0.3 is 9.84 Å². The van der Waals surface area contributed by atoms with E-state index in [1.54, 1.807) is 13.3 Å². The predicted molar refractivity (Wildman–Crippen MR) is 86.8 cm³/mol.